The summed E-state index contributed by atoms with van der Waals surface area (Å²) in [6, 6.07) is 42.1. The smallest absolute Gasteiger partial charge is 0 e. The fourth-order valence-corrected chi connectivity index (χ4v) is 3.72. The van der Waals surface area contributed by atoms with Crippen LogP contribution >= 0.6 is 0 Å². The molecule has 0 saturated carbocycles. The third-order valence-electron chi connectivity index (χ3n) is 5.27. The Morgan fingerprint density at radius 1 is 0.576 bits per heavy atom. The first-order chi connectivity index (χ1) is 15.8. The molecule has 0 aliphatic carbocycles. The fraction of sp³-hybridized carbons (Fsp3) is 0.0312. The number of allylic oxidation sites excluding steroid dienone is 2. The average molecular weight is 503 g/mol. The van der Waals surface area contributed by atoms with Gasteiger partial charge in [0.15, 0.2) is 0 Å². The molecule has 5 rings (SSSR count). The van der Waals surface area contributed by atoms with Gasteiger partial charge in [0, 0.05) is 26.2 Å². The molecule has 0 unspecified atom stereocenters. The number of fused-ring (bicyclic) bond motifs is 1. The van der Waals surface area contributed by atoms with Crippen LogP contribution in [0.5, 0.6) is 0 Å². The molecule has 0 atom stereocenters. The van der Waals surface area contributed by atoms with Crippen molar-refractivity contribution in [2.75, 3.05) is 0 Å². The average Bonchev–Trinajstić information content (AvgIpc) is 3.24. The van der Waals surface area contributed by atoms with Gasteiger partial charge in [0.25, 0.3) is 0 Å². The van der Waals surface area contributed by atoms with Crippen LogP contribution < -0.4 is 0 Å². The molecule has 0 aliphatic rings. The van der Waals surface area contributed by atoms with Gasteiger partial charge in [-0.25, -0.2) is 0 Å². The van der Waals surface area contributed by atoms with E-state index < -0.39 is 0 Å². The van der Waals surface area contributed by atoms with E-state index in [2.05, 4.69) is 116 Å². The molecule has 160 valence electrons. The molecule has 0 radical (unpaired) electrons. The normalized spacial score (nSPS) is 10.7. The van der Waals surface area contributed by atoms with Crippen LogP contribution in [0.1, 0.15) is 16.7 Å². The fourth-order valence-electron chi connectivity index (χ4n) is 3.72. The molecule has 0 heterocycles. The molecular weight excluding hydrogens is 476 g/mol. The van der Waals surface area contributed by atoms with Crippen LogP contribution in [0.25, 0.3) is 34.1 Å². The van der Waals surface area contributed by atoms with Crippen molar-refractivity contribution in [1.29, 1.82) is 0 Å². The molecule has 33 heavy (non-hydrogen) atoms. The quantitative estimate of drug-likeness (QED) is 0.170. The summed E-state index contributed by atoms with van der Waals surface area (Å²) in [5.41, 5.74) is 6.39. The van der Waals surface area contributed by atoms with Crippen LogP contribution in [0.2, 0.25) is 0 Å². The number of rotatable bonds is 4. The van der Waals surface area contributed by atoms with Crippen LogP contribution in [0, 0.1) is 6.92 Å². The third kappa shape index (κ3) is 7.17. The Labute approximate surface area is 216 Å². The van der Waals surface area contributed by atoms with Crippen molar-refractivity contribution in [3.63, 3.8) is 0 Å². The van der Waals surface area contributed by atoms with Gasteiger partial charge in [0.1, 0.15) is 0 Å². The van der Waals surface area contributed by atoms with Gasteiger partial charge in [-0.1, -0.05) is 134 Å². The van der Waals surface area contributed by atoms with Crippen molar-refractivity contribution < 1.29 is 26.2 Å². The van der Waals surface area contributed by atoms with Gasteiger partial charge in [0.2, 0.25) is 0 Å². The van der Waals surface area contributed by atoms with E-state index in [0.29, 0.717) is 0 Å². The van der Waals surface area contributed by atoms with Gasteiger partial charge in [-0.3, -0.25) is 0 Å². The zero-order chi connectivity index (χ0) is 22.0. The van der Waals surface area contributed by atoms with Gasteiger partial charge < -0.3 is 0 Å². The summed E-state index contributed by atoms with van der Waals surface area (Å²) in [5.74, 6) is 0. The monoisotopic (exact) mass is 501 g/mol. The molecule has 0 amide bonds. The SMILES string of the molecule is C(C=Cc1ccccc1)=Cc1ccccc1.Cc1cc2c(-c3ccccc3)cccc2[cH-]1.[Zr]. The molecule has 0 aliphatic heterocycles. The van der Waals surface area contributed by atoms with E-state index in [0.717, 1.165) is 0 Å². The minimum Gasteiger partial charge on any atom is -0.165 e. The van der Waals surface area contributed by atoms with Gasteiger partial charge in [-0.2, -0.15) is 6.07 Å². The van der Waals surface area contributed by atoms with Crippen LogP contribution in [-0.2, 0) is 26.2 Å². The summed E-state index contributed by atoms with van der Waals surface area (Å²) < 4.78 is 0. The molecular formula is C32H27Zr-. The predicted molar refractivity (Wildman–Crippen MR) is 141 cm³/mol. The van der Waals surface area contributed by atoms with E-state index in [4.69, 9.17) is 0 Å². The van der Waals surface area contributed by atoms with Crippen molar-refractivity contribution >= 4 is 22.9 Å². The Morgan fingerprint density at radius 2 is 1.09 bits per heavy atom. The van der Waals surface area contributed by atoms with E-state index >= 15 is 0 Å². The van der Waals surface area contributed by atoms with Crippen LogP contribution in [0.3, 0.4) is 0 Å². The number of hydrogen-bond acceptors (Lipinski definition) is 0. The molecule has 0 bridgehead atoms. The third-order valence-corrected chi connectivity index (χ3v) is 5.27. The van der Waals surface area contributed by atoms with E-state index in [1.165, 1.54) is 38.6 Å². The second-order valence-electron chi connectivity index (χ2n) is 7.75. The Balaban J connectivity index is 0.000000180. The van der Waals surface area contributed by atoms with Crippen molar-refractivity contribution in [2.45, 2.75) is 6.92 Å². The Hall–Kier alpha value is -3.15. The summed E-state index contributed by atoms with van der Waals surface area (Å²) in [7, 11) is 0. The van der Waals surface area contributed by atoms with Crippen molar-refractivity contribution in [1.82, 2.24) is 0 Å². The second-order valence-corrected chi connectivity index (χ2v) is 7.75. The van der Waals surface area contributed by atoms with Crippen molar-refractivity contribution in [2.24, 2.45) is 0 Å². The molecule has 0 fully saturated rings. The maximum atomic E-state index is 2.26. The van der Waals surface area contributed by atoms with E-state index in [1.807, 2.05) is 36.4 Å². The molecule has 5 aromatic rings. The zero-order valence-corrected chi connectivity index (χ0v) is 21.3. The maximum Gasteiger partial charge on any atom is 0 e. The molecule has 0 aromatic heterocycles. The Bertz CT molecular complexity index is 1250. The summed E-state index contributed by atoms with van der Waals surface area (Å²) in [4.78, 5) is 0. The van der Waals surface area contributed by atoms with Crippen LogP contribution in [0.4, 0.5) is 0 Å². The molecule has 0 spiro atoms. The molecule has 5 aromatic carbocycles. The Kier molecular flexibility index (Phi) is 9.49. The van der Waals surface area contributed by atoms with Crippen molar-refractivity contribution in [3.8, 4) is 11.1 Å². The van der Waals surface area contributed by atoms with Gasteiger partial charge >= 0.3 is 0 Å². The zero-order valence-electron chi connectivity index (χ0n) is 18.9. The number of benzene rings is 4. The standard InChI is InChI=1S/C16H13.C16H14.Zr/c1-12-10-14-8-5-9-15(16(14)11-12)13-6-3-2-4-7-13;1-3-9-15(10-4-1)13-7-8-14-16-11-5-2-6-12-16;/h2-11H,1H3;1-14H;/q-1;;. The summed E-state index contributed by atoms with van der Waals surface area (Å²) >= 11 is 0. The van der Waals surface area contributed by atoms with Gasteiger partial charge in [-0.15, -0.1) is 34.5 Å². The largest absolute Gasteiger partial charge is 0.165 e. The number of hydrogen-bond donors (Lipinski definition) is 0. The maximum absolute atomic E-state index is 2.26. The number of aryl methyl sites for hydroxylation is 1. The summed E-state index contributed by atoms with van der Waals surface area (Å²) in [5, 5.41) is 2.69. The van der Waals surface area contributed by atoms with E-state index in [9.17, 15) is 0 Å². The van der Waals surface area contributed by atoms with Crippen molar-refractivity contribution in [3.05, 3.63) is 150 Å². The molecule has 0 saturated heterocycles. The first kappa shape index (κ1) is 24.5. The van der Waals surface area contributed by atoms with Gasteiger partial charge in [0.05, 0.1) is 0 Å². The molecule has 0 N–H and O–H groups in total. The second kappa shape index (κ2) is 12.8. The molecule has 1 heteroatoms. The van der Waals surface area contributed by atoms with E-state index in [1.54, 1.807) is 0 Å². The van der Waals surface area contributed by atoms with E-state index in [-0.39, 0.29) is 26.2 Å². The minimum absolute atomic E-state index is 0. The predicted octanol–water partition coefficient (Wildman–Crippen LogP) is 8.94. The van der Waals surface area contributed by atoms with Crippen LogP contribution in [-0.4, -0.2) is 0 Å². The molecule has 0 nitrogen and oxygen atoms in total. The topological polar surface area (TPSA) is 0 Å². The summed E-state index contributed by atoms with van der Waals surface area (Å²) in [6.45, 7) is 2.15. The Morgan fingerprint density at radius 3 is 1.64 bits per heavy atom. The van der Waals surface area contributed by atoms with Crippen LogP contribution in [0.15, 0.2) is 133 Å². The first-order valence-electron chi connectivity index (χ1n) is 11.0. The summed E-state index contributed by atoms with van der Waals surface area (Å²) in [6.07, 6.45) is 8.31. The minimum atomic E-state index is 0. The van der Waals surface area contributed by atoms with Gasteiger partial charge in [-0.05, 0) is 16.7 Å². The first-order valence-corrected chi connectivity index (χ1v) is 11.0.